The molecule has 0 aliphatic heterocycles. The third-order valence-corrected chi connectivity index (χ3v) is 4.98. The van der Waals surface area contributed by atoms with E-state index in [1.165, 1.54) is 24.8 Å². The number of aromatic nitrogens is 1. The Morgan fingerprint density at radius 1 is 1.08 bits per heavy atom. The number of hydrogen-bond acceptors (Lipinski definition) is 2. The highest BCUT2D eigenvalue weighted by molar-refractivity contribution is 5.79. The van der Waals surface area contributed by atoms with Gasteiger partial charge in [0.25, 0.3) is 0 Å². The summed E-state index contributed by atoms with van der Waals surface area (Å²) < 4.78 is 0. The standard InChI is InChI=1S/C21H28N4/c1-2-22-20(24-16-12-19-11-6-7-15-23-19)25-17-21(13-8-14-21)18-9-4-3-5-10-18/h3-7,9-11,15H,2,8,12-14,16-17H2,1H3,(H2,22,24,25). The highest BCUT2D eigenvalue weighted by atomic mass is 15.2. The molecule has 4 nitrogen and oxygen atoms in total. The summed E-state index contributed by atoms with van der Waals surface area (Å²) in [7, 11) is 0. The van der Waals surface area contributed by atoms with Crippen LogP contribution < -0.4 is 10.6 Å². The van der Waals surface area contributed by atoms with Crippen molar-refractivity contribution in [1.82, 2.24) is 15.6 Å². The summed E-state index contributed by atoms with van der Waals surface area (Å²) in [6.45, 7) is 4.65. The molecule has 0 atom stereocenters. The predicted molar refractivity (Wildman–Crippen MR) is 104 cm³/mol. The molecule has 1 aliphatic rings. The number of guanidine groups is 1. The smallest absolute Gasteiger partial charge is 0.191 e. The molecule has 1 aromatic carbocycles. The maximum absolute atomic E-state index is 4.89. The fourth-order valence-electron chi connectivity index (χ4n) is 3.36. The van der Waals surface area contributed by atoms with Gasteiger partial charge in [-0.25, -0.2) is 0 Å². The van der Waals surface area contributed by atoms with Crippen LogP contribution in [0.3, 0.4) is 0 Å². The van der Waals surface area contributed by atoms with Gasteiger partial charge in [-0.2, -0.15) is 0 Å². The number of hydrogen-bond donors (Lipinski definition) is 2. The molecule has 0 saturated heterocycles. The monoisotopic (exact) mass is 336 g/mol. The molecular weight excluding hydrogens is 308 g/mol. The molecule has 0 unspecified atom stereocenters. The molecule has 25 heavy (non-hydrogen) atoms. The van der Waals surface area contributed by atoms with Gasteiger partial charge in [-0.3, -0.25) is 9.98 Å². The third kappa shape index (κ3) is 4.59. The molecule has 1 heterocycles. The molecule has 132 valence electrons. The molecule has 0 radical (unpaired) electrons. The van der Waals surface area contributed by atoms with E-state index in [4.69, 9.17) is 4.99 Å². The Bertz CT molecular complexity index is 663. The third-order valence-electron chi connectivity index (χ3n) is 4.98. The van der Waals surface area contributed by atoms with Gasteiger partial charge in [0.15, 0.2) is 5.96 Å². The molecule has 1 saturated carbocycles. The van der Waals surface area contributed by atoms with Gasteiger partial charge in [-0.1, -0.05) is 42.8 Å². The largest absolute Gasteiger partial charge is 0.357 e. The summed E-state index contributed by atoms with van der Waals surface area (Å²) in [6.07, 6.45) is 6.50. The van der Waals surface area contributed by atoms with E-state index in [9.17, 15) is 0 Å². The number of benzene rings is 1. The van der Waals surface area contributed by atoms with Crippen molar-refractivity contribution >= 4 is 5.96 Å². The fourth-order valence-corrected chi connectivity index (χ4v) is 3.36. The maximum Gasteiger partial charge on any atom is 0.191 e. The van der Waals surface area contributed by atoms with Crippen molar-refractivity contribution in [2.45, 2.75) is 38.0 Å². The van der Waals surface area contributed by atoms with Crippen molar-refractivity contribution in [3.05, 3.63) is 66.0 Å². The molecule has 3 rings (SSSR count). The minimum Gasteiger partial charge on any atom is -0.357 e. The van der Waals surface area contributed by atoms with Crippen molar-refractivity contribution in [3.8, 4) is 0 Å². The van der Waals surface area contributed by atoms with E-state index < -0.39 is 0 Å². The predicted octanol–water partition coefficient (Wildman–Crippen LogP) is 3.30. The molecule has 0 bridgehead atoms. The minimum absolute atomic E-state index is 0.227. The summed E-state index contributed by atoms with van der Waals surface area (Å²) in [5, 5.41) is 6.80. The van der Waals surface area contributed by atoms with Crippen LogP contribution in [0.25, 0.3) is 0 Å². The van der Waals surface area contributed by atoms with E-state index in [1.54, 1.807) is 0 Å². The summed E-state index contributed by atoms with van der Waals surface area (Å²) in [5.74, 6) is 0.903. The quantitative estimate of drug-likeness (QED) is 0.602. The van der Waals surface area contributed by atoms with E-state index >= 15 is 0 Å². The summed E-state index contributed by atoms with van der Waals surface area (Å²) in [5.41, 5.74) is 2.75. The van der Waals surface area contributed by atoms with Crippen molar-refractivity contribution in [1.29, 1.82) is 0 Å². The van der Waals surface area contributed by atoms with E-state index in [0.717, 1.165) is 37.7 Å². The van der Waals surface area contributed by atoms with Gasteiger partial charge in [0.2, 0.25) is 0 Å². The Morgan fingerprint density at radius 3 is 2.52 bits per heavy atom. The molecule has 1 fully saturated rings. The normalized spacial score (nSPS) is 16.1. The van der Waals surface area contributed by atoms with Crippen molar-refractivity contribution < 1.29 is 0 Å². The molecular formula is C21H28N4. The highest BCUT2D eigenvalue weighted by Gasteiger charge is 2.38. The van der Waals surface area contributed by atoms with Crippen LogP contribution in [0, 0.1) is 0 Å². The average molecular weight is 336 g/mol. The first kappa shape index (κ1) is 17.5. The highest BCUT2D eigenvalue weighted by Crippen LogP contribution is 2.43. The van der Waals surface area contributed by atoms with Crippen molar-refractivity contribution in [2.75, 3.05) is 19.6 Å². The van der Waals surface area contributed by atoms with Crippen molar-refractivity contribution in [2.24, 2.45) is 4.99 Å². The van der Waals surface area contributed by atoms with E-state index in [0.29, 0.717) is 0 Å². The van der Waals surface area contributed by atoms with Crippen LogP contribution in [0.1, 0.15) is 37.4 Å². The number of rotatable bonds is 7. The minimum atomic E-state index is 0.227. The number of pyridine rings is 1. The topological polar surface area (TPSA) is 49.3 Å². The Hall–Kier alpha value is -2.36. The van der Waals surface area contributed by atoms with Crippen LogP contribution in [0.4, 0.5) is 0 Å². The first-order valence-corrected chi connectivity index (χ1v) is 9.30. The Morgan fingerprint density at radius 2 is 1.88 bits per heavy atom. The van der Waals surface area contributed by atoms with Crippen LogP contribution in [-0.4, -0.2) is 30.6 Å². The van der Waals surface area contributed by atoms with Gasteiger partial charge in [0.05, 0.1) is 6.54 Å². The Balaban J connectivity index is 1.59. The zero-order valence-corrected chi connectivity index (χ0v) is 15.0. The lowest BCUT2D eigenvalue weighted by molar-refractivity contribution is 0.253. The van der Waals surface area contributed by atoms with Crippen molar-refractivity contribution in [3.63, 3.8) is 0 Å². The van der Waals surface area contributed by atoms with Crippen LogP contribution in [0.5, 0.6) is 0 Å². The molecule has 4 heteroatoms. The first-order valence-electron chi connectivity index (χ1n) is 9.30. The zero-order chi connectivity index (χ0) is 17.4. The van der Waals surface area contributed by atoms with Crippen LogP contribution in [0.15, 0.2) is 59.7 Å². The maximum atomic E-state index is 4.89. The average Bonchev–Trinajstić information content (AvgIpc) is 2.62. The molecule has 2 N–H and O–H groups in total. The van der Waals surface area contributed by atoms with Gasteiger partial charge >= 0.3 is 0 Å². The van der Waals surface area contributed by atoms with Gasteiger partial charge in [0.1, 0.15) is 0 Å². The molecule has 1 aromatic heterocycles. The molecule has 2 aromatic rings. The second kappa shape index (κ2) is 8.65. The lowest BCUT2D eigenvalue weighted by atomic mass is 9.64. The summed E-state index contributed by atoms with van der Waals surface area (Å²) in [4.78, 5) is 9.26. The molecule has 1 aliphatic carbocycles. The van der Waals surface area contributed by atoms with Gasteiger partial charge in [-0.05, 0) is 37.5 Å². The Kier molecular flexibility index (Phi) is 6.04. The number of nitrogens with zero attached hydrogens (tertiary/aromatic N) is 2. The van der Waals surface area contributed by atoms with E-state index in [-0.39, 0.29) is 5.41 Å². The fraction of sp³-hybridized carbons (Fsp3) is 0.429. The zero-order valence-electron chi connectivity index (χ0n) is 15.0. The Labute approximate surface area is 150 Å². The van der Waals surface area contributed by atoms with Crippen LogP contribution >= 0.6 is 0 Å². The number of aliphatic imine (C=N–C) groups is 1. The van der Waals surface area contributed by atoms with Crippen LogP contribution in [-0.2, 0) is 11.8 Å². The lowest BCUT2D eigenvalue weighted by Gasteiger charge is -2.41. The summed E-state index contributed by atoms with van der Waals surface area (Å²) >= 11 is 0. The lowest BCUT2D eigenvalue weighted by Crippen LogP contribution is -2.42. The SMILES string of the molecule is CCNC(=NCC1(c2ccccc2)CCC1)NCCc1ccccn1. The number of nitrogens with one attached hydrogen (secondary N) is 2. The first-order chi connectivity index (χ1) is 12.3. The summed E-state index contributed by atoms with van der Waals surface area (Å²) in [6, 6.07) is 16.9. The second-order valence-corrected chi connectivity index (χ2v) is 6.69. The van der Waals surface area contributed by atoms with Gasteiger partial charge in [0, 0.05) is 36.8 Å². The van der Waals surface area contributed by atoms with Crippen LogP contribution in [0.2, 0.25) is 0 Å². The van der Waals surface area contributed by atoms with E-state index in [1.807, 2.05) is 18.3 Å². The molecule has 0 spiro atoms. The van der Waals surface area contributed by atoms with Gasteiger partial charge in [-0.15, -0.1) is 0 Å². The molecule has 0 amide bonds. The second-order valence-electron chi connectivity index (χ2n) is 6.69. The van der Waals surface area contributed by atoms with E-state index in [2.05, 4.69) is 58.9 Å². The van der Waals surface area contributed by atoms with Gasteiger partial charge < -0.3 is 10.6 Å².